The van der Waals surface area contributed by atoms with E-state index in [9.17, 15) is 0 Å². The van der Waals surface area contributed by atoms with Gasteiger partial charge < -0.3 is 5.41 Å². The van der Waals surface area contributed by atoms with Crippen LogP contribution in [0.3, 0.4) is 0 Å². The Kier molecular flexibility index (Phi) is 3.29. The van der Waals surface area contributed by atoms with Crippen molar-refractivity contribution >= 4 is 6.21 Å². The monoisotopic (exact) mass is 275 g/mol. The van der Waals surface area contributed by atoms with E-state index in [1.165, 1.54) is 39.6 Å². The number of nitrogens with one attached hydrogen (secondary N) is 1. The van der Waals surface area contributed by atoms with Crippen molar-refractivity contribution in [3.8, 4) is 11.1 Å². The number of aryl methyl sites for hydroxylation is 1. The summed E-state index contributed by atoms with van der Waals surface area (Å²) in [7, 11) is 0. The van der Waals surface area contributed by atoms with Crippen LogP contribution in [0.2, 0.25) is 0 Å². The van der Waals surface area contributed by atoms with Gasteiger partial charge in [0.25, 0.3) is 0 Å². The third-order valence-corrected chi connectivity index (χ3v) is 4.61. The summed E-state index contributed by atoms with van der Waals surface area (Å²) in [5, 5.41) is 7.08. The van der Waals surface area contributed by atoms with Gasteiger partial charge in [-0.25, -0.2) is 0 Å². The average Bonchev–Trinajstić information content (AvgIpc) is 2.69. The standard InChI is InChI=1S/C20H21N/c1-14-12-17-16-9-4-5-10-18(16)20(2,3)19(17)13-15(14)8-6-7-11-21/h4-7,9-13,21H,8H2,1-3H3/b7-6-,21-11?. The van der Waals surface area contributed by atoms with Crippen LogP contribution in [0.25, 0.3) is 11.1 Å². The number of allylic oxidation sites excluding steroid dienone is 2. The van der Waals surface area contributed by atoms with E-state index in [4.69, 9.17) is 5.41 Å². The molecule has 0 fully saturated rings. The molecule has 1 heteroatoms. The second kappa shape index (κ2) is 5.00. The maximum absolute atomic E-state index is 7.08. The van der Waals surface area contributed by atoms with Gasteiger partial charge in [0, 0.05) is 11.6 Å². The minimum atomic E-state index is 0.0691. The van der Waals surface area contributed by atoms with E-state index in [1.807, 2.05) is 0 Å². The van der Waals surface area contributed by atoms with Crippen LogP contribution < -0.4 is 0 Å². The van der Waals surface area contributed by atoms with Gasteiger partial charge in [-0.3, -0.25) is 0 Å². The molecule has 0 bridgehead atoms. The zero-order valence-electron chi connectivity index (χ0n) is 12.9. The van der Waals surface area contributed by atoms with E-state index in [2.05, 4.69) is 63.2 Å². The van der Waals surface area contributed by atoms with E-state index < -0.39 is 0 Å². The van der Waals surface area contributed by atoms with E-state index in [1.54, 1.807) is 6.08 Å². The first-order chi connectivity index (χ1) is 10.1. The summed E-state index contributed by atoms with van der Waals surface area (Å²) < 4.78 is 0. The van der Waals surface area contributed by atoms with Crippen LogP contribution >= 0.6 is 0 Å². The van der Waals surface area contributed by atoms with Gasteiger partial charge >= 0.3 is 0 Å². The highest BCUT2D eigenvalue weighted by molar-refractivity contribution is 5.81. The van der Waals surface area contributed by atoms with Crippen molar-refractivity contribution in [2.75, 3.05) is 0 Å². The fourth-order valence-electron chi connectivity index (χ4n) is 3.38. The maximum atomic E-state index is 7.08. The Morgan fingerprint density at radius 3 is 2.57 bits per heavy atom. The molecule has 0 saturated heterocycles. The molecule has 1 nitrogen and oxygen atoms in total. The molecule has 0 amide bonds. The molecule has 0 saturated carbocycles. The van der Waals surface area contributed by atoms with Crippen LogP contribution in [-0.4, -0.2) is 6.21 Å². The summed E-state index contributed by atoms with van der Waals surface area (Å²) in [6.07, 6.45) is 6.08. The largest absolute Gasteiger partial charge is 0.309 e. The number of rotatable bonds is 3. The lowest BCUT2D eigenvalue weighted by atomic mass is 9.81. The van der Waals surface area contributed by atoms with Gasteiger partial charge in [-0.15, -0.1) is 0 Å². The van der Waals surface area contributed by atoms with E-state index in [0.29, 0.717) is 0 Å². The van der Waals surface area contributed by atoms with Crippen LogP contribution in [0.1, 0.15) is 36.1 Å². The Morgan fingerprint density at radius 2 is 1.81 bits per heavy atom. The Bertz CT molecular complexity index is 735. The Morgan fingerprint density at radius 1 is 1.05 bits per heavy atom. The molecule has 2 aromatic carbocycles. The molecule has 0 atom stereocenters. The summed E-state index contributed by atoms with van der Waals surface area (Å²) in [5.74, 6) is 0. The Balaban J connectivity index is 2.15. The van der Waals surface area contributed by atoms with Crippen molar-refractivity contribution in [1.82, 2.24) is 0 Å². The molecule has 1 aliphatic rings. The summed E-state index contributed by atoms with van der Waals surface area (Å²) in [6, 6.07) is 13.4. The summed E-state index contributed by atoms with van der Waals surface area (Å²) >= 11 is 0. The van der Waals surface area contributed by atoms with E-state index >= 15 is 0 Å². The molecule has 1 aliphatic carbocycles. The molecule has 2 aromatic rings. The molecule has 0 aromatic heterocycles. The van der Waals surface area contributed by atoms with Crippen molar-refractivity contribution in [1.29, 1.82) is 5.41 Å². The van der Waals surface area contributed by atoms with Crippen molar-refractivity contribution in [2.45, 2.75) is 32.6 Å². The highest BCUT2D eigenvalue weighted by Gasteiger charge is 2.35. The molecular weight excluding hydrogens is 254 g/mol. The van der Waals surface area contributed by atoms with Gasteiger partial charge in [0.05, 0.1) is 0 Å². The zero-order chi connectivity index (χ0) is 15.0. The van der Waals surface area contributed by atoms with E-state index in [-0.39, 0.29) is 5.41 Å². The Labute approximate surface area is 126 Å². The third-order valence-electron chi connectivity index (χ3n) is 4.61. The van der Waals surface area contributed by atoms with Gasteiger partial charge in [0.1, 0.15) is 0 Å². The van der Waals surface area contributed by atoms with Gasteiger partial charge in [0.2, 0.25) is 0 Å². The molecular formula is C20H21N. The molecule has 0 spiro atoms. The van der Waals surface area contributed by atoms with Crippen molar-refractivity contribution < 1.29 is 0 Å². The number of hydrogen-bond acceptors (Lipinski definition) is 1. The van der Waals surface area contributed by atoms with Gasteiger partial charge in [-0.1, -0.05) is 56.3 Å². The van der Waals surface area contributed by atoms with Gasteiger partial charge in [-0.2, -0.15) is 0 Å². The molecule has 3 rings (SSSR count). The SMILES string of the molecule is Cc1cc2c(cc1C/C=C\C=N)C(C)(C)c1ccccc1-2. The fraction of sp³-hybridized carbons (Fsp3) is 0.250. The van der Waals surface area contributed by atoms with Crippen LogP contribution in [-0.2, 0) is 11.8 Å². The number of fused-ring (bicyclic) bond motifs is 3. The molecule has 21 heavy (non-hydrogen) atoms. The quantitative estimate of drug-likeness (QED) is 0.758. The lowest BCUT2D eigenvalue weighted by molar-refractivity contribution is 0.659. The first-order valence-electron chi connectivity index (χ1n) is 7.45. The van der Waals surface area contributed by atoms with Crippen LogP contribution in [0.5, 0.6) is 0 Å². The Hall–Kier alpha value is -2.15. The van der Waals surface area contributed by atoms with Crippen molar-refractivity contribution in [3.63, 3.8) is 0 Å². The minimum absolute atomic E-state index is 0.0691. The minimum Gasteiger partial charge on any atom is -0.309 e. The summed E-state index contributed by atoms with van der Waals surface area (Å²) in [4.78, 5) is 0. The lowest BCUT2D eigenvalue weighted by Gasteiger charge is -2.22. The topological polar surface area (TPSA) is 23.9 Å². The highest BCUT2D eigenvalue weighted by atomic mass is 14.4. The predicted octanol–water partition coefficient (Wildman–Crippen LogP) is 5.05. The molecule has 0 radical (unpaired) electrons. The second-order valence-electron chi connectivity index (χ2n) is 6.29. The maximum Gasteiger partial charge on any atom is 0.0174 e. The summed E-state index contributed by atoms with van der Waals surface area (Å²) in [5.41, 5.74) is 8.36. The van der Waals surface area contributed by atoms with Crippen LogP contribution in [0, 0.1) is 12.3 Å². The third kappa shape index (κ3) is 2.13. The van der Waals surface area contributed by atoms with Gasteiger partial charge in [0.15, 0.2) is 0 Å². The van der Waals surface area contributed by atoms with Crippen molar-refractivity contribution in [2.24, 2.45) is 0 Å². The lowest BCUT2D eigenvalue weighted by Crippen LogP contribution is -2.15. The number of hydrogen-bond donors (Lipinski definition) is 1. The smallest absolute Gasteiger partial charge is 0.0174 e. The fourth-order valence-corrected chi connectivity index (χ4v) is 3.38. The van der Waals surface area contributed by atoms with Crippen LogP contribution in [0.15, 0.2) is 48.6 Å². The first kappa shape index (κ1) is 13.8. The normalized spacial score (nSPS) is 15.0. The molecule has 0 heterocycles. The highest BCUT2D eigenvalue weighted by Crippen LogP contribution is 2.49. The zero-order valence-corrected chi connectivity index (χ0v) is 12.9. The van der Waals surface area contributed by atoms with Gasteiger partial charge in [-0.05, 0) is 52.8 Å². The second-order valence-corrected chi connectivity index (χ2v) is 6.29. The predicted molar refractivity (Wildman–Crippen MR) is 90.4 cm³/mol. The summed E-state index contributed by atoms with van der Waals surface area (Å²) in [6.45, 7) is 6.80. The van der Waals surface area contributed by atoms with E-state index in [0.717, 1.165) is 6.42 Å². The van der Waals surface area contributed by atoms with Crippen molar-refractivity contribution in [3.05, 3.63) is 70.8 Å². The number of benzene rings is 2. The molecule has 106 valence electrons. The average molecular weight is 275 g/mol. The molecule has 0 unspecified atom stereocenters. The molecule has 0 aliphatic heterocycles. The van der Waals surface area contributed by atoms with Crippen LogP contribution in [0.4, 0.5) is 0 Å². The molecule has 1 N–H and O–H groups in total. The first-order valence-corrected chi connectivity index (χ1v) is 7.45.